The zero-order valence-corrected chi connectivity index (χ0v) is 17.6. The van der Waals surface area contributed by atoms with E-state index in [0.29, 0.717) is 28.6 Å². The van der Waals surface area contributed by atoms with Gasteiger partial charge in [0.15, 0.2) is 9.84 Å². The third-order valence-corrected chi connectivity index (χ3v) is 7.01. The van der Waals surface area contributed by atoms with Crippen molar-refractivity contribution in [2.24, 2.45) is 0 Å². The average molecular weight is 408 g/mol. The lowest BCUT2D eigenvalue weighted by Gasteiger charge is -2.15. The summed E-state index contributed by atoms with van der Waals surface area (Å²) >= 11 is 0. The molecule has 1 N–H and O–H groups in total. The van der Waals surface area contributed by atoms with Crippen molar-refractivity contribution >= 4 is 15.7 Å². The van der Waals surface area contributed by atoms with Gasteiger partial charge in [0.1, 0.15) is 5.82 Å². The van der Waals surface area contributed by atoms with Crippen LogP contribution in [0.1, 0.15) is 37.9 Å². The van der Waals surface area contributed by atoms with Gasteiger partial charge >= 0.3 is 0 Å². The van der Waals surface area contributed by atoms with E-state index in [0.717, 1.165) is 5.56 Å². The van der Waals surface area contributed by atoms with Gasteiger partial charge in [-0.1, -0.05) is 49.4 Å². The Labute approximate surface area is 173 Å². The Kier molecular flexibility index (Phi) is 6.33. The molecule has 0 aliphatic heterocycles. The summed E-state index contributed by atoms with van der Waals surface area (Å²) in [5, 5.41) is 2.81. The monoisotopic (exact) mass is 407 g/mol. The van der Waals surface area contributed by atoms with Gasteiger partial charge in [0.25, 0.3) is 0 Å². The SMILES string of the molecule is [CH]c1ncc(-c2ccc(S(=O)(=O)C(C)C)cc2)nc1NC[C@@H](C)c1ccccc1. The zero-order valence-electron chi connectivity index (χ0n) is 16.8. The highest BCUT2D eigenvalue weighted by atomic mass is 32.2. The van der Waals surface area contributed by atoms with Crippen molar-refractivity contribution in [3.05, 3.63) is 79.0 Å². The van der Waals surface area contributed by atoms with Crippen LogP contribution in [0.25, 0.3) is 11.3 Å². The van der Waals surface area contributed by atoms with Gasteiger partial charge in [0.2, 0.25) is 0 Å². The van der Waals surface area contributed by atoms with E-state index in [1.807, 2.05) is 18.2 Å². The van der Waals surface area contributed by atoms with E-state index in [9.17, 15) is 8.42 Å². The summed E-state index contributed by atoms with van der Waals surface area (Å²) in [4.78, 5) is 9.13. The van der Waals surface area contributed by atoms with Crippen LogP contribution in [0.3, 0.4) is 0 Å². The number of nitrogens with zero attached hydrogens (tertiary/aromatic N) is 2. The van der Waals surface area contributed by atoms with E-state index in [2.05, 4.69) is 34.3 Å². The van der Waals surface area contributed by atoms with E-state index in [1.54, 1.807) is 44.3 Å². The normalized spacial score (nSPS) is 12.7. The highest BCUT2D eigenvalue weighted by molar-refractivity contribution is 7.92. The minimum atomic E-state index is -3.30. The Hall–Kier alpha value is -2.73. The van der Waals surface area contributed by atoms with Crippen LogP contribution in [0.2, 0.25) is 0 Å². The maximum atomic E-state index is 12.3. The fourth-order valence-electron chi connectivity index (χ4n) is 2.90. The van der Waals surface area contributed by atoms with Crippen molar-refractivity contribution < 1.29 is 8.42 Å². The van der Waals surface area contributed by atoms with Crippen molar-refractivity contribution in [1.82, 2.24) is 9.97 Å². The predicted molar refractivity (Wildman–Crippen MR) is 117 cm³/mol. The molecule has 5 nitrogen and oxygen atoms in total. The van der Waals surface area contributed by atoms with Crippen molar-refractivity contribution in [2.75, 3.05) is 11.9 Å². The molecule has 29 heavy (non-hydrogen) atoms. The number of rotatable bonds is 7. The predicted octanol–water partition coefficient (Wildman–Crippen LogP) is 4.60. The first-order valence-corrected chi connectivity index (χ1v) is 11.1. The lowest BCUT2D eigenvalue weighted by atomic mass is 10.0. The minimum Gasteiger partial charge on any atom is -0.368 e. The van der Waals surface area contributed by atoms with Crippen molar-refractivity contribution in [2.45, 2.75) is 36.8 Å². The van der Waals surface area contributed by atoms with Crippen molar-refractivity contribution in [3.8, 4) is 11.3 Å². The molecule has 150 valence electrons. The maximum Gasteiger partial charge on any atom is 0.180 e. The summed E-state index contributed by atoms with van der Waals surface area (Å²) in [6.45, 7) is 12.1. The van der Waals surface area contributed by atoms with Crippen LogP contribution in [0, 0.1) is 6.92 Å². The van der Waals surface area contributed by atoms with E-state index >= 15 is 0 Å². The molecule has 1 heterocycles. The van der Waals surface area contributed by atoms with Crippen molar-refractivity contribution in [1.29, 1.82) is 0 Å². The summed E-state index contributed by atoms with van der Waals surface area (Å²) in [6.07, 6.45) is 1.59. The second-order valence-electron chi connectivity index (χ2n) is 7.30. The smallest absolute Gasteiger partial charge is 0.180 e. The van der Waals surface area contributed by atoms with E-state index in [1.165, 1.54) is 5.56 Å². The molecule has 1 aromatic heterocycles. The molecule has 0 unspecified atom stereocenters. The van der Waals surface area contributed by atoms with Crippen LogP contribution in [-0.4, -0.2) is 30.2 Å². The first kappa shape index (κ1) is 21.0. The van der Waals surface area contributed by atoms with Gasteiger partial charge < -0.3 is 5.32 Å². The van der Waals surface area contributed by atoms with Gasteiger partial charge in [-0.05, 0) is 37.5 Å². The summed E-state index contributed by atoms with van der Waals surface area (Å²) < 4.78 is 24.6. The lowest BCUT2D eigenvalue weighted by Crippen LogP contribution is -2.14. The van der Waals surface area contributed by atoms with Gasteiger partial charge in [-0.25, -0.2) is 13.4 Å². The third-order valence-electron chi connectivity index (χ3n) is 4.84. The fraction of sp³-hybridized carbons (Fsp3) is 0.261. The Bertz CT molecular complexity index is 1060. The van der Waals surface area contributed by atoms with Crippen LogP contribution in [-0.2, 0) is 9.84 Å². The zero-order chi connectivity index (χ0) is 21.0. The molecule has 3 rings (SSSR count). The molecule has 1 atom stereocenters. The average Bonchev–Trinajstić information content (AvgIpc) is 2.73. The van der Waals surface area contributed by atoms with Gasteiger partial charge in [0, 0.05) is 19.0 Å². The number of benzene rings is 2. The minimum absolute atomic E-state index is 0.279. The first-order valence-electron chi connectivity index (χ1n) is 9.54. The van der Waals surface area contributed by atoms with Crippen LogP contribution in [0.15, 0.2) is 65.7 Å². The Morgan fingerprint density at radius 2 is 1.66 bits per heavy atom. The Balaban J connectivity index is 1.78. The molecule has 2 radical (unpaired) electrons. The summed E-state index contributed by atoms with van der Waals surface area (Å²) in [5.74, 6) is 0.797. The number of hydrogen-bond donors (Lipinski definition) is 1. The number of aromatic nitrogens is 2. The molecule has 0 aliphatic rings. The van der Waals surface area contributed by atoms with E-state index in [4.69, 9.17) is 6.92 Å². The van der Waals surface area contributed by atoms with E-state index in [-0.39, 0.29) is 5.92 Å². The molecule has 0 saturated heterocycles. The summed E-state index contributed by atoms with van der Waals surface area (Å²) in [7, 11) is -3.30. The molecule has 0 aliphatic carbocycles. The largest absolute Gasteiger partial charge is 0.368 e. The molecule has 0 spiro atoms. The quantitative estimate of drug-likeness (QED) is 0.620. The standard InChI is InChI=1S/C23H25N3O2S/c1-16(2)29(27,28)21-12-10-20(11-13-21)22-15-24-18(4)23(26-22)25-14-17(3)19-8-6-5-7-9-19/h4-13,15-17H,14H2,1-3H3,(H,25,26)/t17-/m1/s1. The Morgan fingerprint density at radius 3 is 2.28 bits per heavy atom. The fourth-order valence-corrected chi connectivity index (χ4v) is 3.96. The molecule has 0 bridgehead atoms. The topological polar surface area (TPSA) is 72.0 Å². The maximum absolute atomic E-state index is 12.3. The van der Waals surface area contributed by atoms with E-state index < -0.39 is 15.1 Å². The molecule has 2 aromatic carbocycles. The van der Waals surface area contributed by atoms with Crippen LogP contribution in [0.4, 0.5) is 5.82 Å². The van der Waals surface area contributed by atoms with Gasteiger partial charge in [-0.2, -0.15) is 0 Å². The molecule has 0 amide bonds. The number of nitrogens with one attached hydrogen (secondary N) is 1. The molecular weight excluding hydrogens is 382 g/mol. The second-order valence-corrected chi connectivity index (χ2v) is 9.80. The summed E-state index contributed by atoms with van der Waals surface area (Å²) in [5.41, 5.74) is 2.96. The van der Waals surface area contributed by atoms with Crippen LogP contribution >= 0.6 is 0 Å². The van der Waals surface area contributed by atoms with Gasteiger partial charge in [-0.3, -0.25) is 4.98 Å². The number of sulfone groups is 1. The Morgan fingerprint density at radius 1 is 1.00 bits per heavy atom. The van der Waals surface area contributed by atoms with Crippen LogP contribution < -0.4 is 5.32 Å². The van der Waals surface area contributed by atoms with Gasteiger partial charge in [-0.15, -0.1) is 0 Å². The molecular formula is C23H25N3O2S. The molecule has 3 aromatic rings. The molecule has 0 saturated carbocycles. The van der Waals surface area contributed by atoms with Gasteiger partial charge in [0.05, 0.1) is 27.7 Å². The van der Waals surface area contributed by atoms with Crippen LogP contribution in [0.5, 0.6) is 0 Å². The molecule has 0 fully saturated rings. The van der Waals surface area contributed by atoms with Crippen molar-refractivity contribution in [3.63, 3.8) is 0 Å². The number of anilines is 1. The molecule has 6 heteroatoms. The highest BCUT2D eigenvalue weighted by Gasteiger charge is 2.19. The number of hydrogen-bond acceptors (Lipinski definition) is 5. The third kappa shape index (κ3) is 4.82. The summed E-state index contributed by atoms with van der Waals surface area (Å²) in [6, 6.07) is 16.9. The first-order chi connectivity index (χ1) is 13.8. The second kappa shape index (κ2) is 8.74. The highest BCUT2D eigenvalue weighted by Crippen LogP contribution is 2.24. The lowest BCUT2D eigenvalue weighted by molar-refractivity contribution is 0.587.